The summed E-state index contributed by atoms with van der Waals surface area (Å²) in [6.45, 7) is -0.166. The third kappa shape index (κ3) is 3.18. The molecule has 3 aromatic rings. The van der Waals surface area contributed by atoms with Gasteiger partial charge in [-0.1, -0.05) is 6.07 Å². The van der Waals surface area contributed by atoms with Gasteiger partial charge in [-0.25, -0.2) is 4.98 Å². The molecule has 0 radical (unpaired) electrons. The fourth-order valence-corrected chi connectivity index (χ4v) is 4.16. The van der Waals surface area contributed by atoms with Crippen LogP contribution >= 0.6 is 11.3 Å². The maximum Gasteiger partial charge on any atom is 0.251 e. The number of hydrogen-bond donors (Lipinski definition) is 4. The molecule has 130 valence electrons. The van der Waals surface area contributed by atoms with Crippen LogP contribution in [0.2, 0.25) is 0 Å². The number of hydrogen-bond acceptors (Lipinski definition) is 5. The molecule has 1 aliphatic rings. The van der Waals surface area contributed by atoms with Gasteiger partial charge in [0.1, 0.15) is 12.4 Å². The molecule has 0 spiro atoms. The third-order valence-electron chi connectivity index (χ3n) is 4.70. The highest BCUT2D eigenvalue weighted by Crippen LogP contribution is 2.39. The quantitative estimate of drug-likeness (QED) is 0.563. The molecule has 2 heterocycles. The summed E-state index contributed by atoms with van der Waals surface area (Å²) in [4.78, 5) is 21.1. The van der Waals surface area contributed by atoms with E-state index in [4.69, 9.17) is 5.11 Å². The summed E-state index contributed by atoms with van der Waals surface area (Å²) in [5.74, 6) is 0.587. The van der Waals surface area contributed by atoms with Crippen LogP contribution in [0.4, 0.5) is 0 Å². The van der Waals surface area contributed by atoms with Gasteiger partial charge >= 0.3 is 0 Å². The summed E-state index contributed by atoms with van der Waals surface area (Å²) in [6.07, 6.45) is 1.16. The molecule has 1 aromatic carbocycles. The number of H-pyrrole nitrogens is 1. The Hall–Kier alpha value is -2.22. The predicted molar refractivity (Wildman–Crippen MR) is 95.3 cm³/mol. The van der Waals surface area contributed by atoms with Gasteiger partial charge in [-0.15, -0.1) is 11.3 Å². The predicted octanol–water partition coefficient (Wildman–Crippen LogP) is 2.36. The van der Waals surface area contributed by atoms with E-state index in [9.17, 15) is 9.90 Å². The van der Waals surface area contributed by atoms with Crippen molar-refractivity contribution in [3.05, 3.63) is 52.0 Å². The molecule has 2 aromatic heterocycles. The van der Waals surface area contributed by atoms with Crippen LogP contribution in [0.5, 0.6) is 0 Å². The van der Waals surface area contributed by atoms with E-state index in [1.165, 1.54) is 0 Å². The van der Waals surface area contributed by atoms with E-state index >= 15 is 0 Å². The first-order valence-corrected chi connectivity index (χ1v) is 9.14. The van der Waals surface area contributed by atoms with Gasteiger partial charge in [0.25, 0.3) is 5.91 Å². The highest BCUT2D eigenvalue weighted by molar-refractivity contribution is 7.10. The highest BCUT2D eigenvalue weighted by Gasteiger charge is 2.36. The molecule has 25 heavy (non-hydrogen) atoms. The number of thiophene rings is 1. The molecule has 0 bridgehead atoms. The molecule has 6 nitrogen and oxygen atoms in total. The summed E-state index contributed by atoms with van der Waals surface area (Å²) >= 11 is 1.62. The largest absolute Gasteiger partial charge is 0.393 e. The number of aromatic amines is 1. The van der Waals surface area contributed by atoms with Crippen LogP contribution in [0, 0.1) is 5.92 Å². The Morgan fingerprint density at radius 2 is 2.24 bits per heavy atom. The minimum Gasteiger partial charge on any atom is -0.393 e. The Balaban J connectivity index is 1.56. The number of amides is 1. The summed E-state index contributed by atoms with van der Waals surface area (Å²) in [6, 6.07) is 9.17. The minimum atomic E-state index is -0.261. The van der Waals surface area contributed by atoms with Crippen molar-refractivity contribution in [1.29, 1.82) is 0 Å². The molecular formula is C18H19N3O3S. The van der Waals surface area contributed by atoms with Crippen molar-refractivity contribution in [3.63, 3.8) is 0 Å². The number of nitrogens with one attached hydrogen (secondary N) is 2. The lowest BCUT2D eigenvalue weighted by molar-refractivity contribution is 0.0241. The van der Waals surface area contributed by atoms with E-state index in [0.29, 0.717) is 24.2 Å². The Morgan fingerprint density at radius 1 is 1.40 bits per heavy atom. The molecular weight excluding hydrogens is 338 g/mol. The standard InChI is InChI=1S/C18H19N3O3S/c22-9-16-19-13-4-3-10(8-14(13)20-16)18(24)21-17(11-6-12(23)7-11)15-2-1-5-25-15/h1-5,8,11-12,17,22-23H,6-7,9H2,(H,19,20)(H,21,24)/t11?,12?,17-/m0/s1. The lowest BCUT2D eigenvalue weighted by atomic mass is 9.76. The third-order valence-corrected chi connectivity index (χ3v) is 5.66. The Kier molecular flexibility index (Phi) is 4.29. The second-order valence-corrected chi connectivity index (χ2v) is 7.40. The first-order chi connectivity index (χ1) is 12.1. The molecule has 0 saturated heterocycles. The van der Waals surface area contributed by atoms with Gasteiger partial charge in [-0.2, -0.15) is 0 Å². The van der Waals surface area contributed by atoms with Gasteiger partial charge in [-0.3, -0.25) is 4.79 Å². The van der Waals surface area contributed by atoms with Crippen molar-refractivity contribution in [2.24, 2.45) is 5.92 Å². The second kappa shape index (κ2) is 6.59. The van der Waals surface area contributed by atoms with Crippen molar-refractivity contribution in [3.8, 4) is 0 Å². The average molecular weight is 357 g/mol. The zero-order chi connectivity index (χ0) is 17.4. The van der Waals surface area contributed by atoms with E-state index in [1.807, 2.05) is 17.5 Å². The lowest BCUT2D eigenvalue weighted by Gasteiger charge is -2.37. The molecule has 0 unspecified atom stereocenters. The smallest absolute Gasteiger partial charge is 0.251 e. The van der Waals surface area contributed by atoms with Gasteiger partial charge in [0.2, 0.25) is 0 Å². The first-order valence-electron chi connectivity index (χ1n) is 8.26. The van der Waals surface area contributed by atoms with Crippen molar-refractivity contribution in [1.82, 2.24) is 15.3 Å². The van der Waals surface area contributed by atoms with Gasteiger partial charge < -0.3 is 20.5 Å². The van der Waals surface area contributed by atoms with Crippen molar-refractivity contribution in [2.45, 2.75) is 31.6 Å². The number of nitrogens with zero attached hydrogens (tertiary/aromatic N) is 1. The fraction of sp³-hybridized carbons (Fsp3) is 0.333. The van der Waals surface area contributed by atoms with E-state index in [-0.39, 0.29) is 30.6 Å². The minimum absolute atomic E-state index is 0.0821. The summed E-state index contributed by atoms with van der Waals surface area (Å²) < 4.78 is 0. The summed E-state index contributed by atoms with van der Waals surface area (Å²) in [5, 5.41) is 23.9. The Labute approximate surface area is 148 Å². The monoisotopic (exact) mass is 357 g/mol. The average Bonchev–Trinajstić information content (AvgIpc) is 3.25. The van der Waals surface area contributed by atoms with Gasteiger partial charge in [0.15, 0.2) is 0 Å². The first kappa shape index (κ1) is 16.3. The SMILES string of the molecule is O=C(N[C@H](c1cccs1)C1CC(O)C1)c1ccc2nc(CO)[nH]c2c1. The number of fused-ring (bicyclic) bond motifs is 1. The molecule has 4 N–H and O–H groups in total. The molecule has 1 amide bonds. The van der Waals surface area contributed by atoms with Gasteiger partial charge in [0, 0.05) is 10.4 Å². The number of aromatic nitrogens is 2. The number of aliphatic hydroxyl groups is 2. The number of benzene rings is 1. The van der Waals surface area contributed by atoms with Crippen molar-refractivity contribution >= 4 is 28.3 Å². The molecule has 0 aliphatic heterocycles. The molecule has 7 heteroatoms. The van der Waals surface area contributed by atoms with E-state index in [2.05, 4.69) is 15.3 Å². The number of aliphatic hydroxyl groups excluding tert-OH is 2. The van der Waals surface area contributed by atoms with Crippen molar-refractivity contribution in [2.75, 3.05) is 0 Å². The van der Waals surface area contributed by atoms with Crippen LogP contribution in [-0.2, 0) is 6.61 Å². The second-order valence-electron chi connectivity index (χ2n) is 6.43. The van der Waals surface area contributed by atoms with Crippen molar-refractivity contribution < 1.29 is 15.0 Å². The van der Waals surface area contributed by atoms with Gasteiger partial charge in [-0.05, 0) is 48.4 Å². The normalized spacial score (nSPS) is 21.0. The van der Waals surface area contributed by atoms with Crippen LogP contribution in [0.3, 0.4) is 0 Å². The molecule has 1 saturated carbocycles. The number of carbonyl (C=O) groups is 1. The molecule has 4 rings (SSSR count). The van der Waals surface area contributed by atoms with E-state index in [1.54, 1.807) is 29.5 Å². The summed E-state index contributed by atoms with van der Waals surface area (Å²) in [7, 11) is 0. The van der Waals surface area contributed by atoms with Crippen LogP contribution in [0.15, 0.2) is 35.7 Å². The highest BCUT2D eigenvalue weighted by atomic mass is 32.1. The number of carbonyl (C=O) groups excluding carboxylic acids is 1. The maximum atomic E-state index is 12.7. The number of imidazole rings is 1. The fourth-order valence-electron chi connectivity index (χ4n) is 3.29. The number of rotatable bonds is 5. The van der Waals surface area contributed by atoms with Crippen LogP contribution < -0.4 is 5.32 Å². The Morgan fingerprint density at radius 3 is 2.92 bits per heavy atom. The van der Waals surface area contributed by atoms with E-state index in [0.717, 1.165) is 15.9 Å². The van der Waals surface area contributed by atoms with Crippen LogP contribution in [0.1, 0.15) is 39.9 Å². The van der Waals surface area contributed by atoms with Crippen LogP contribution in [-0.4, -0.2) is 32.2 Å². The zero-order valence-electron chi connectivity index (χ0n) is 13.5. The zero-order valence-corrected chi connectivity index (χ0v) is 14.3. The molecule has 1 aliphatic carbocycles. The van der Waals surface area contributed by atoms with E-state index < -0.39 is 0 Å². The van der Waals surface area contributed by atoms with Crippen LogP contribution in [0.25, 0.3) is 11.0 Å². The lowest BCUT2D eigenvalue weighted by Crippen LogP contribution is -2.41. The molecule has 1 atom stereocenters. The maximum absolute atomic E-state index is 12.7. The summed E-state index contributed by atoms with van der Waals surface area (Å²) in [5.41, 5.74) is 1.99. The molecule has 1 fully saturated rings. The topological polar surface area (TPSA) is 98.2 Å². The van der Waals surface area contributed by atoms with Gasteiger partial charge in [0.05, 0.1) is 23.2 Å². The Bertz CT molecular complexity index is 884.